The number of nitrogens with one attached hydrogen (secondary N) is 1. The minimum Gasteiger partial charge on any atom is -0.487 e. The summed E-state index contributed by atoms with van der Waals surface area (Å²) in [4.78, 5) is 12.4. The number of carbonyl (C=O) groups is 1. The maximum atomic E-state index is 12.4. The van der Waals surface area contributed by atoms with Gasteiger partial charge in [0.05, 0.1) is 24.3 Å². The lowest BCUT2D eigenvalue weighted by atomic mass is 10.2. The Bertz CT molecular complexity index is 1370. The number of rotatable bonds is 6. The maximum Gasteiger partial charge on any atom is 0.307 e. The highest BCUT2D eigenvalue weighted by molar-refractivity contribution is 14.1. The highest BCUT2D eigenvalue weighted by Crippen LogP contribution is 2.33. The smallest absolute Gasteiger partial charge is 0.307 e. The lowest BCUT2D eigenvalue weighted by Crippen LogP contribution is -2.16. The average molecular weight is 723 g/mol. The van der Waals surface area contributed by atoms with E-state index in [0.717, 1.165) is 29.0 Å². The number of carbonyl (C=O) groups excluding carboxylic acids is 1. The third-order valence-electron chi connectivity index (χ3n) is 4.47. The van der Waals surface area contributed by atoms with E-state index in [1.54, 1.807) is 30.5 Å². The first-order valence-corrected chi connectivity index (χ1v) is 12.8. The zero-order valence-corrected chi connectivity index (χ0v) is 23.4. The van der Waals surface area contributed by atoms with Gasteiger partial charge >= 0.3 is 5.91 Å². The Morgan fingerprint density at radius 3 is 2.67 bits per heavy atom. The minimum atomic E-state index is -0.436. The minimum absolute atomic E-state index is 0.182. The van der Waals surface area contributed by atoms with Gasteiger partial charge in [0.15, 0.2) is 5.76 Å². The summed E-state index contributed by atoms with van der Waals surface area (Å²) < 4.78 is 14.1. The molecule has 0 aliphatic rings. The van der Waals surface area contributed by atoms with E-state index in [9.17, 15) is 4.79 Å². The van der Waals surface area contributed by atoms with Gasteiger partial charge in [-0.1, -0.05) is 45.2 Å². The normalized spacial score (nSPS) is 11.3. The second kappa shape index (κ2) is 10.8. The van der Waals surface area contributed by atoms with Crippen LogP contribution < -0.4 is 10.2 Å². The van der Waals surface area contributed by atoms with Crippen LogP contribution in [0.5, 0.6) is 5.75 Å². The SMILES string of the molecule is O=C(N/N=C/c1cc(Br)c(OCc2ccc(Cl)c(Cl)c2)c(I)c1)c1cc2cc(Br)ccc2o1. The number of nitrogens with zero attached hydrogens (tertiary/aromatic N) is 1. The predicted octanol–water partition coefficient (Wildman–Crippen LogP) is 8.21. The molecule has 0 fully saturated rings. The van der Waals surface area contributed by atoms with Crippen molar-refractivity contribution in [2.45, 2.75) is 6.61 Å². The first kappa shape index (κ1) is 24.5. The van der Waals surface area contributed by atoms with Gasteiger partial charge in [0, 0.05) is 9.86 Å². The van der Waals surface area contributed by atoms with Crippen molar-refractivity contribution >= 4 is 101 Å². The monoisotopic (exact) mass is 720 g/mol. The molecule has 0 spiro atoms. The molecule has 0 unspecified atom stereocenters. The summed E-state index contributed by atoms with van der Waals surface area (Å²) in [7, 11) is 0. The Morgan fingerprint density at radius 1 is 1.09 bits per heavy atom. The lowest BCUT2D eigenvalue weighted by molar-refractivity contribution is 0.0929. The van der Waals surface area contributed by atoms with Gasteiger partial charge in [-0.3, -0.25) is 4.79 Å². The molecule has 1 aromatic heterocycles. The van der Waals surface area contributed by atoms with Crippen molar-refractivity contribution in [3.8, 4) is 5.75 Å². The van der Waals surface area contributed by atoms with E-state index < -0.39 is 5.91 Å². The van der Waals surface area contributed by atoms with Crippen molar-refractivity contribution in [1.82, 2.24) is 5.43 Å². The zero-order valence-electron chi connectivity index (χ0n) is 16.5. The first-order chi connectivity index (χ1) is 15.8. The average Bonchev–Trinajstić information content (AvgIpc) is 3.19. The summed E-state index contributed by atoms with van der Waals surface area (Å²) in [6.45, 7) is 0.336. The van der Waals surface area contributed by atoms with Gasteiger partial charge < -0.3 is 9.15 Å². The molecule has 5 nitrogen and oxygen atoms in total. The van der Waals surface area contributed by atoms with E-state index in [-0.39, 0.29) is 5.76 Å². The molecule has 3 aromatic carbocycles. The number of hydrogen-bond acceptors (Lipinski definition) is 4. The predicted molar refractivity (Wildman–Crippen MR) is 147 cm³/mol. The highest BCUT2D eigenvalue weighted by atomic mass is 127. The zero-order chi connectivity index (χ0) is 23.5. The first-order valence-electron chi connectivity index (χ1n) is 9.38. The molecule has 0 saturated carbocycles. The third-order valence-corrected chi connectivity index (χ3v) is 7.09. The second-order valence-electron chi connectivity index (χ2n) is 6.84. The van der Waals surface area contributed by atoms with Crippen LogP contribution >= 0.6 is 77.7 Å². The number of ether oxygens (including phenoxy) is 1. The molecule has 0 bridgehead atoms. The third kappa shape index (κ3) is 6.10. The Labute approximate surface area is 229 Å². The van der Waals surface area contributed by atoms with Crippen molar-refractivity contribution < 1.29 is 13.9 Å². The van der Waals surface area contributed by atoms with Crippen molar-refractivity contribution in [1.29, 1.82) is 0 Å². The molecule has 4 rings (SSSR count). The second-order valence-corrected chi connectivity index (χ2v) is 10.6. The Balaban J connectivity index is 1.41. The topological polar surface area (TPSA) is 63.8 Å². The van der Waals surface area contributed by atoms with E-state index >= 15 is 0 Å². The fourth-order valence-corrected chi connectivity index (χ4v) is 5.39. The molecule has 0 aliphatic carbocycles. The molecule has 10 heteroatoms. The number of hydrazone groups is 1. The molecule has 0 saturated heterocycles. The van der Waals surface area contributed by atoms with Gasteiger partial charge in [0.1, 0.15) is 17.9 Å². The largest absolute Gasteiger partial charge is 0.487 e. The van der Waals surface area contributed by atoms with Gasteiger partial charge in [-0.2, -0.15) is 5.10 Å². The van der Waals surface area contributed by atoms with E-state index in [1.165, 1.54) is 0 Å². The van der Waals surface area contributed by atoms with E-state index in [2.05, 4.69) is 65.0 Å². The quantitative estimate of drug-likeness (QED) is 0.124. The maximum absolute atomic E-state index is 12.4. The van der Waals surface area contributed by atoms with Crippen molar-refractivity contribution in [3.63, 3.8) is 0 Å². The van der Waals surface area contributed by atoms with Gasteiger partial charge in [0.2, 0.25) is 0 Å². The van der Waals surface area contributed by atoms with Crippen LogP contribution in [-0.4, -0.2) is 12.1 Å². The van der Waals surface area contributed by atoms with Crippen LogP contribution in [0.25, 0.3) is 11.0 Å². The molecular formula is C23H13Br2Cl2IN2O3. The number of benzene rings is 3. The molecule has 0 radical (unpaired) electrons. The number of furan rings is 1. The molecule has 1 N–H and O–H groups in total. The molecule has 1 amide bonds. The summed E-state index contributed by atoms with van der Waals surface area (Å²) >= 11 is 21.1. The molecule has 168 valence electrons. The summed E-state index contributed by atoms with van der Waals surface area (Å²) in [5, 5.41) is 5.85. The van der Waals surface area contributed by atoms with Crippen LogP contribution in [0.4, 0.5) is 0 Å². The van der Waals surface area contributed by atoms with E-state index in [4.69, 9.17) is 32.4 Å². The Kier molecular flexibility index (Phi) is 8.01. The van der Waals surface area contributed by atoms with Crippen LogP contribution in [0.1, 0.15) is 21.7 Å². The van der Waals surface area contributed by atoms with Gasteiger partial charge in [-0.05, 0) is 98.2 Å². The number of amides is 1. The molecule has 33 heavy (non-hydrogen) atoms. The highest BCUT2D eigenvalue weighted by Gasteiger charge is 2.12. The Morgan fingerprint density at radius 2 is 1.91 bits per heavy atom. The summed E-state index contributed by atoms with van der Waals surface area (Å²) in [6, 6.07) is 16.3. The molecule has 0 aliphatic heterocycles. The summed E-state index contributed by atoms with van der Waals surface area (Å²) in [5.74, 6) is 0.437. The summed E-state index contributed by atoms with van der Waals surface area (Å²) in [5.41, 5.74) is 4.79. The number of hydrogen-bond donors (Lipinski definition) is 1. The molecule has 1 heterocycles. The van der Waals surface area contributed by atoms with Gasteiger partial charge in [-0.25, -0.2) is 5.43 Å². The standard InChI is InChI=1S/C23H13Br2Cl2IN2O3/c24-15-2-4-20-14(8-15)9-21(33-20)23(31)30-29-10-13-5-16(25)22(19(28)7-13)32-11-12-1-3-17(26)18(27)6-12/h1-10H,11H2,(H,30,31)/b29-10+. The fraction of sp³-hybridized carbons (Fsp3) is 0.0435. The number of halogens is 5. The fourth-order valence-electron chi connectivity index (χ4n) is 2.92. The lowest BCUT2D eigenvalue weighted by Gasteiger charge is -2.12. The van der Waals surface area contributed by atoms with Crippen LogP contribution in [-0.2, 0) is 6.61 Å². The van der Waals surface area contributed by atoms with Gasteiger partial charge in [-0.15, -0.1) is 0 Å². The summed E-state index contributed by atoms with van der Waals surface area (Å²) in [6.07, 6.45) is 1.55. The molecule has 4 aromatic rings. The van der Waals surface area contributed by atoms with Crippen molar-refractivity contribution in [2.75, 3.05) is 0 Å². The van der Waals surface area contributed by atoms with Gasteiger partial charge in [0.25, 0.3) is 0 Å². The van der Waals surface area contributed by atoms with Crippen molar-refractivity contribution in [3.05, 3.63) is 94.0 Å². The van der Waals surface area contributed by atoms with Crippen LogP contribution in [0.2, 0.25) is 10.0 Å². The molecule has 0 atom stereocenters. The van der Waals surface area contributed by atoms with E-state index in [1.807, 2.05) is 30.3 Å². The van der Waals surface area contributed by atoms with Crippen molar-refractivity contribution in [2.24, 2.45) is 5.10 Å². The van der Waals surface area contributed by atoms with Crippen LogP contribution in [0.3, 0.4) is 0 Å². The molecular weight excluding hydrogens is 710 g/mol. The Hall–Kier alpha value is -1.59. The van der Waals surface area contributed by atoms with Crippen LogP contribution in [0.15, 0.2) is 73.1 Å². The van der Waals surface area contributed by atoms with E-state index in [0.29, 0.717) is 28.0 Å². The number of fused-ring (bicyclic) bond motifs is 1. The van der Waals surface area contributed by atoms with Crippen LogP contribution in [0, 0.1) is 3.57 Å².